The first-order valence-corrected chi connectivity index (χ1v) is 11.5. The highest BCUT2D eigenvalue weighted by molar-refractivity contribution is 7.80. The number of aromatic nitrogens is 3. The summed E-state index contributed by atoms with van der Waals surface area (Å²) in [5.74, 6) is 0. The van der Waals surface area contributed by atoms with Gasteiger partial charge in [0.05, 0.1) is 33.7 Å². The zero-order valence-electron chi connectivity index (χ0n) is 16.7. The van der Waals surface area contributed by atoms with Gasteiger partial charge < -0.3 is 10.2 Å². The minimum atomic E-state index is -0.00131. The van der Waals surface area contributed by atoms with Crippen molar-refractivity contribution in [3.8, 4) is 5.13 Å². The molecule has 0 spiro atoms. The van der Waals surface area contributed by atoms with Crippen molar-refractivity contribution in [3.63, 3.8) is 0 Å². The molecule has 1 fully saturated rings. The van der Waals surface area contributed by atoms with Crippen LogP contribution in [0.25, 0.3) is 15.3 Å². The van der Waals surface area contributed by atoms with Crippen LogP contribution in [0.3, 0.4) is 0 Å². The zero-order chi connectivity index (χ0) is 20.5. The number of para-hydroxylation sites is 1. The average Bonchev–Trinajstić information content (AvgIpc) is 3.49. The van der Waals surface area contributed by atoms with E-state index in [1.54, 1.807) is 11.3 Å². The molecule has 0 radical (unpaired) electrons. The summed E-state index contributed by atoms with van der Waals surface area (Å²) in [5.41, 5.74) is 3.20. The highest BCUT2D eigenvalue weighted by Crippen LogP contribution is 2.40. The van der Waals surface area contributed by atoms with Gasteiger partial charge in [-0.05, 0) is 55.0 Å². The van der Waals surface area contributed by atoms with E-state index in [-0.39, 0.29) is 12.1 Å². The monoisotopic (exact) mass is 433 g/mol. The Labute approximate surface area is 185 Å². The number of thiazole rings is 1. The van der Waals surface area contributed by atoms with E-state index in [1.165, 1.54) is 10.4 Å². The number of thiocarbonyl (C=S) groups is 1. The van der Waals surface area contributed by atoms with Gasteiger partial charge in [-0.1, -0.05) is 42.9 Å². The predicted molar refractivity (Wildman–Crippen MR) is 126 cm³/mol. The number of nitrogens with zero attached hydrogens (tertiary/aromatic N) is 4. The van der Waals surface area contributed by atoms with Crippen LogP contribution in [-0.2, 0) is 0 Å². The standard InChI is InChI=1S/C23H23N5S2/c1-2-3-14-28-21(20(26-22(28)29)17-10-6-7-13-24-17)18-11-8-15-27(18)23-25-16-9-4-5-12-19(16)30-23/h4-13,15,20-21H,2-3,14H2,1H3,(H,26,29)/t20-,21-/m0/s1. The summed E-state index contributed by atoms with van der Waals surface area (Å²) in [6, 6.07) is 18.7. The van der Waals surface area contributed by atoms with Crippen molar-refractivity contribution in [2.45, 2.75) is 31.8 Å². The molecule has 0 saturated carbocycles. The van der Waals surface area contributed by atoms with Crippen molar-refractivity contribution in [3.05, 3.63) is 78.4 Å². The van der Waals surface area contributed by atoms with Crippen LogP contribution in [0.15, 0.2) is 67.0 Å². The maximum atomic E-state index is 5.76. The largest absolute Gasteiger partial charge is 0.352 e. The Hall–Kier alpha value is -2.77. The SMILES string of the molecule is CCCCN1C(=S)N[C@@H](c2ccccn2)[C@@H]1c1cccn1-c1nc2ccccc2s1. The Bertz CT molecular complexity index is 1130. The Morgan fingerprint density at radius 1 is 1.10 bits per heavy atom. The summed E-state index contributed by atoms with van der Waals surface area (Å²) >= 11 is 7.47. The fraction of sp³-hybridized carbons (Fsp3) is 0.261. The maximum absolute atomic E-state index is 5.76. The molecular formula is C23H23N5S2. The molecule has 5 nitrogen and oxygen atoms in total. The highest BCUT2D eigenvalue weighted by Gasteiger charge is 2.41. The number of nitrogens with one attached hydrogen (secondary N) is 1. The lowest BCUT2D eigenvalue weighted by atomic mass is 10.0. The first kappa shape index (κ1) is 19.2. The topological polar surface area (TPSA) is 46.0 Å². The molecule has 0 bridgehead atoms. The lowest BCUT2D eigenvalue weighted by molar-refractivity contribution is 0.304. The molecule has 4 aromatic rings. The molecule has 0 aliphatic carbocycles. The average molecular weight is 434 g/mol. The molecule has 1 aromatic carbocycles. The van der Waals surface area contributed by atoms with Crippen LogP contribution in [-0.4, -0.2) is 31.1 Å². The second-order valence-electron chi connectivity index (χ2n) is 7.44. The maximum Gasteiger partial charge on any atom is 0.194 e. The van der Waals surface area contributed by atoms with E-state index in [9.17, 15) is 0 Å². The first-order valence-electron chi connectivity index (χ1n) is 10.3. The first-order chi connectivity index (χ1) is 14.8. The fourth-order valence-electron chi connectivity index (χ4n) is 4.07. The summed E-state index contributed by atoms with van der Waals surface area (Å²) in [7, 11) is 0. The van der Waals surface area contributed by atoms with Crippen molar-refractivity contribution in [2.24, 2.45) is 0 Å². The Kier molecular flexibility index (Phi) is 5.23. The van der Waals surface area contributed by atoms with E-state index in [1.807, 2.05) is 24.4 Å². The molecule has 0 amide bonds. The van der Waals surface area contributed by atoms with Crippen LogP contribution in [0.1, 0.15) is 43.2 Å². The van der Waals surface area contributed by atoms with E-state index in [2.05, 4.69) is 69.3 Å². The third kappa shape index (κ3) is 3.38. The van der Waals surface area contributed by atoms with Gasteiger partial charge in [0.1, 0.15) is 0 Å². The quantitative estimate of drug-likeness (QED) is 0.421. The Morgan fingerprint density at radius 2 is 1.97 bits per heavy atom. The third-order valence-electron chi connectivity index (χ3n) is 5.52. The van der Waals surface area contributed by atoms with Crippen molar-refractivity contribution in [1.29, 1.82) is 0 Å². The molecule has 7 heteroatoms. The van der Waals surface area contributed by atoms with Gasteiger partial charge in [0.2, 0.25) is 0 Å². The van der Waals surface area contributed by atoms with Gasteiger partial charge in [0.25, 0.3) is 0 Å². The van der Waals surface area contributed by atoms with E-state index < -0.39 is 0 Å². The zero-order valence-corrected chi connectivity index (χ0v) is 18.4. The normalized spacial score (nSPS) is 18.8. The minimum Gasteiger partial charge on any atom is -0.352 e. The van der Waals surface area contributed by atoms with E-state index in [0.29, 0.717) is 0 Å². The smallest absolute Gasteiger partial charge is 0.194 e. The van der Waals surface area contributed by atoms with E-state index in [0.717, 1.165) is 40.8 Å². The van der Waals surface area contributed by atoms with Crippen LogP contribution in [0.2, 0.25) is 0 Å². The third-order valence-corrected chi connectivity index (χ3v) is 6.91. The van der Waals surface area contributed by atoms with Crippen LogP contribution >= 0.6 is 23.6 Å². The van der Waals surface area contributed by atoms with Gasteiger partial charge in [0.15, 0.2) is 10.2 Å². The molecule has 1 N–H and O–H groups in total. The second-order valence-corrected chi connectivity index (χ2v) is 8.84. The number of hydrogen-bond acceptors (Lipinski definition) is 4. The summed E-state index contributed by atoms with van der Waals surface area (Å²) in [6.07, 6.45) is 6.16. The molecule has 1 aliphatic rings. The molecule has 4 heterocycles. The summed E-state index contributed by atoms with van der Waals surface area (Å²) in [5, 5.41) is 5.31. The van der Waals surface area contributed by atoms with Crippen LogP contribution in [0, 0.1) is 0 Å². The molecule has 5 rings (SSSR count). The van der Waals surface area contributed by atoms with Gasteiger partial charge in [0, 0.05) is 18.9 Å². The van der Waals surface area contributed by atoms with Gasteiger partial charge in [-0.2, -0.15) is 0 Å². The molecule has 152 valence electrons. The number of fused-ring (bicyclic) bond motifs is 1. The molecule has 30 heavy (non-hydrogen) atoms. The molecule has 2 atom stereocenters. The summed E-state index contributed by atoms with van der Waals surface area (Å²) in [6.45, 7) is 3.13. The number of hydrogen-bond donors (Lipinski definition) is 1. The lowest BCUT2D eigenvalue weighted by Crippen LogP contribution is -2.31. The van der Waals surface area contributed by atoms with Gasteiger partial charge in [-0.3, -0.25) is 9.55 Å². The van der Waals surface area contributed by atoms with Crippen molar-refractivity contribution in [2.75, 3.05) is 6.54 Å². The molecule has 1 aliphatic heterocycles. The summed E-state index contributed by atoms with van der Waals surface area (Å²) in [4.78, 5) is 11.8. The lowest BCUT2D eigenvalue weighted by Gasteiger charge is -2.28. The van der Waals surface area contributed by atoms with Crippen LogP contribution < -0.4 is 5.32 Å². The number of pyridine rings is 1. The molecule has 3 aromatic heterocycles. The molecule has 0 unspecified atom stereocenters. The van der Waals surface area contributed by atoms with E-state index in [4.69, 9.17) is 17.2 Å². The number of unbranched alkanes of at least 4 members (excludes halogenated alkanes) is 1. The van der Waals surface area contributed by atoms with Gasteiger partial charge in [-0.25, -0.2) is 4.98 Å². The number of rotatable bonds is 6. The Balaban J connectivity index is 1.60. The fourth-order valence-corrected chi connectivity index (χ4v) is 5.37. The number of benzene rings is 1. The second kappa shape index (κ2) is 8.16. The van der Waals surface area contributed by atoms with Crippen LogP contribution in [0.5, 0.6) is 0 Å². The molecular weight excluding hydrogens is 410 g/mol. The van der Waals surface area contributed by atoms with Gasteiger partial charge >= 0.3 is 0 Å². The van der Waals surface area contributed by atoms with Crippen molar-refractivity contribution < 1.29 is 0 Å². The van der Waals surface area contributed by atoms with Gasteiger partial charge in [-0.15, -0.1) is 0 Å². The van der Waals surface area contributed by atoms with Crippen LogP contribution in [0.4, 0.5) is 0 Å². The summed E-state index contributed by atoms with van der Waals surface area (Å²) < 4.78 is 3.40. The highest BCUT2D eigenvalue weighted by atomic mass is 32.1. The minimum absolute atomic E-state index is 0.00131. The van der Waals surface area contributed by atoms with Crippen molar-refractivity contribution >= 4 is 38.9 Å². The van der Waals surface area contributed by atoms with E-state index >= 15 is 0 Å². The predicted octanol–water partition coefficient (Wildman–Crippen LogP) is 5.25. The van der Waals surface area contributed by atoms with Crippen molar-refractivity contribution in [1.82, 2.24) is 24.8 Å². The molecule has 1 saturated heterocycles. The Morgan fingerprint density at radius 3 is 2.77 bits per heavy atom.